The molecule has 5 heteroatoms. The van der Waals surface area contributed by atoms with E-state index in [4.69, 9.17) is 17.3 Å². The van der Waals surface area contributed by atoms with Gasteiger partial charge in [-0.3, -0.25) is 9.69 Å². The molecule has 126 valence electrons. The molecule has 2 aromatic carbocycles. The van der Waals surface area contributed by atoms with Gasteiger partial charge in [0.2, 0.25) is 5.91 Å². The molecule has 1 aliphatic heterocycles. The monoisotopic (exact) mass is 343 g/mol. The summed E-state index contributed by atoms with van der Waals surface area (Å²) in [5.41, 5.74) is 9.22. The van der Waals surface area contributed by atoms with Crippen molar-refractivity contribution in [1.82, 2.24) is 4.90 Å². The van der Waals surface area contributed by atoms with Gasteiger partial charge in [0.05, 0.1) is 6.54 Å². The minimum Gasteiger partial charge on any atom is -0.326 e. The Balaban J connectivity index is 1.58. The number of nitrogens with one attached hydrogen (secondary N) is 1. The number of hydrogen-bond donors (Lipinski definition) is 2. The summed E-state index contributed by atoms with van der Waals surface area (Å²) in [6, 6.07) is 15.8. The average Bonchev–Trinajstić information content (AvgIpc) is 2.92. The van der Waals surface area contributed by atoms with Crippen molar-refractivity contribution in [2.45, 2.75) is 18.9 Å². The van der Waals surface area contributed by atoms with Crippen molar-refractivity contribution in [3.63, 3.8) is 0 Å². The van der Waals surface area contributed by atoms with Crippen molar-refractivity contribution in [1.29, 1.82) is 0 Å². The lowest BCUT2D eigenvalue weighted by Crippen LogP contribution is -2.33. The van der Waals surface area contributed by atoms with Gasteiger partial charge in [0.1, 0.15) is 0 Å². The lowest BCUT2D eigenvalue weighted by molar-refractivity contribution is -0.117. The second kappa shape index (κ2) is 7.34. The number of likely N-dealkylation sites (tertiary alicyclic amines) is 1. The van der Waals surface area contributed by atoms with E-state index >= 15 is 0 Å². The zero-order valence-electron chi connectivity index (χ0n) is 13.7. The third-order valence-corrected chi connectivity index (χ3v) is 4.90. The Kier molecular flexibility index (Phi) is 5.19. The predicted octanol–water partition coefficient (Wildman–Crippen LogP) is 3.01. The van der Waals surface area contributed by atoms with Crippen LogP contribution in [0.2, 0.25) is 5.02 Å². The third-order valence-electron chi connectivity index (χ3n) is 4.49. The van der Waals surface area contributed by atoms with Crippen molar-refractivity contribution < 1.29 is 4.79 Å². The first-order chi connectivity index (χ1) is 11.5. The first-order valence-electron chi connectivity index (χ1n) is 8.12. The van der Waals surface area contributed by atoms with E-state index in [-0.39, 0.29) is 17.9 Å². The molecule has 1 aliphatic rings. The molecule has 24 heavy (non-hydrogen) atoms. The second-order valence-electron chi connectivity index (χ2n) is 6.39. The van der Waals surface area contributed by atoms with Crippen LogP contribution >= 0.6 is 11.6 Å². The van der Waals surface area contributed by atoms with E-state index in [0.29, 0.717) is 11.6 Å². The summed E-state index contributed by atoms with van der Waals surface area (Å²) in [7, 11) is 0. The van der Waals surface area contributed by atoms with E-state index < -0.39 is 0 Å². The Morgan fingerprint density at radius 3 is 2.71 bits per heavy atom. The van der Waals surface area contributed by atoms with E-state index in [2.05, 4.69) is 22.3 Å². The third kappa shape index (κ3) is 3.96. The van der Waals surface area contributed by atoms with Gasteiger partial charge in [0.15, 0.2) is 0 Å². The minimum atomic E-state index is -0.0455. The van der Waals surface area contributed by atoms with Crippen LogP contribution in [0.15, 0.2) is 48.5 Å². The number of halogens is 1. The van der Waals surface area contributed by atoms with Crippen LogP contribution < -0.4 is 11.1 Å². The zero-order chi connectivity index (χ0) is 17.1. The van der Waals surface area contributed by atoms with Gasteiger partial charge in [-0.25, -0.2) is 0 Å². The lowest BCUT2D eigenvalue weighted by Gasteiger charge is -2.16. The molecule has 1 heterocycles. The van der Waals surface area contributed by atoms with E-state index in [9.17, 15) is 4.79 Å². The minimum absolute atomic E-state index is 0.0455. The Morgan fingerprint density at radius 2 is 2.00 bits per heavy atom. The SMILES string of the molecule is Cc1ccc(NC(=O)CN2C[C@@H](N)[C@H](c3ccccc3)C2)cc1Cl. The number of rotatable bonds is 4. The zero-order valence-corrected chi connectivity index (χ0v) is 14.5. The van der Waals surface area contributed by atoms with Crippen LogP contribution in [0.1, 0.15) is 17.0 Å². The van der Waals surface area contributed by atoms with Gasteiger partial charge >= 0.3 is 0 Å². The molecule has 1 saturated heterocycles. The van der Waals surface area contributed by atoms with Gasteiger partial charge in [-0.1, -0.05) is 48.0 Å². The molecule has 1 fully saturated rings. The van der Waals surface area contributed by atoms with Crippen molar-refractivity contribution in [2.24, 2.45) is 5.73 Å². The van der Waals surface area contributed by atoms with E-state index in [0.717, 1.165) is 24.3 Å². The molecule has 0 unspecified atom stereocenters. The number of anilines is 1. The number of benzene rings is 2. The maximum absolute atomic E-state index is 12.3. The van der Waals surface area contributed by atoms with Crippen LogP contribution in [-0.2, 0) is 4.79 Å². The molecule has 2 aromatic rings. The summed E-state index contributed by atoms with van der Waals surface area (Å²) in [4.78, 5) is 14.4. The van der Waals surface area contributed by atoms with Crippen LogP contribution in [-0.4, -0.2) is 36.5 Å². The molecular formula is C19H22ClN3O. The van der Waals surface area contributed by atoms with Crippen LogP contribution in [0, 0.1) is 6.92 Å². The summed E-state index contributed by atoms with van der Waals surface area (Å²) in [5, 5.41) is 3.55. The quantitative estimate of drug-likeness (QED) is 0.897. The standard InChI is InChI=1S/C19H22ClN3O/c1-13-7-8-15(9-17(13)20)22-19(24)12-23-10-16(18(21)11-23)14-5-3-2-4-6-14/h2-9,16,18H,10-12,21H2,1H3,(H,22,24)/t16-,18+/m0/s1. The number of amides is 1. The highest BCUT2D eigenvalue weighted by Gasteiger charge is 2.31. The van der Waals surface area contributed by atoms with Gasteiger partial charge in [-0.2, -0.15) is 0 Å². The summed E-state index contributed by atoms with van der Waals surface area (Å²) < 4.78 is 0. The van der Waals surface area contributed by atoms with Crippen LogP contribution in [0.5, 0.6) is 0 Å². The maximum Gasteiger partial charge on any atom is 0.238 e. The normalized spacial score (nSPS) is 21.0. The fourth-order valence-corrected chi connectivity index (χ4v) is 3.35. The summed E-state index contributed by atoms with van der Waals surface area (Å²) in [6.07, 6.45) is 0. The highest BCUT2D eigenvalue weighted by molar-refractivity contribution is 6.31. The van der Waals surface area contributed by atoms with Gasteiger partial charge in [-0.15, -0.1) is 0 Å². The second-order valence-corrected chi connectivity index (χ2v) is 6.79. The lowest BCUT2D eigenvalue weighted by atomic mass is 9.95. The Bertz CT molecular complexity index is 720. The van der Waals surface area contributed by atoms with Gasteiger partial charge in [0.25, 0.3) is 0 Å². The summed E-state index contributed by atoms with van der Waals surface area (Å²) in [6.45, 7) is 3.79. The number of nitrogens with zero attached hydrogens (tertiary/aromatic N) is 1. The van der Waals surface area contributed by atoms with Crippen molar-refractivity contribution in [3.05, 3.63) is 64.7 Å². The Hall–Kier alpha value is -1.88. The number of carbonyl (C=O) groups is 1. The molecule has 0 aromatic heterocycles. The molecule has 0 bridgehead atoms. The molecule has 3 N–H and O–H groups in total. The van der Waals surface area contributed by atoms with E-state index in [1.165, 1.54) is 5.56 Å². The molecule has 2 atom stereocenters. The van der Waals surface area contributed by atoms with E-state index in [1.54, 1.807) is 6.07 Å². The van der Waals surface area contributed by atoms with Crippen molar-refractivity contribution >= 4 is 23.2 Å². The highest BCUT2D eigenvalue weighted by atomic mass is 35.5. The summed E-state index contributed by atoms with van der Waals surface area (Å²) >= 11 is 6.10. The molecule has 0 saturated carbocycles. The number of nitrogens with two attached hydrogens (primary N) is 1. The molecule has 3 rings (SSSR count). The number of hydrogen-bond acceptors (Lipinski definition) is 3. The topological polar surface area (TPSA) is 58.4 Å². The molecular weight excluding hydrogens is 322 g/mol. The van der Waals surface area contributed by atoms with Gasteiger partial charge in [0, 0.05) is 35.8 Å². The Labute approximate surface area is 147 Å². The largest absolute Gasteiger partial charge is 0.326 e. The van der Waals surface area contributed by atoms with Gasteiger partial charge < -0.3 is 11.1 Å². The van der Waals surface area contributed by atoms with Crippen molar-refractivity contribution in [3.8, 4) is 0 Å². The predicted molar refractivity (Wildman–Crippen MR) is 98.4 cm³/mol. The molecule has 0 radical (unpaired) electrons. The highest BCUT2D eigenvalue weighted by Crippen LogP contribution is 2.26. The first kappa shape index (κ1) is 17.0. The average molecular weight is 344 g/mol. The molecule has 0 spiro atoms. The molecule has 4 nitrogen and oxygen atoms in total. The number of carbonyl (C=O) groups excluding carboxylic acids is 1. The molecule has 0 aliphatic carbocycles. The maximum atomic E-state index is 12.3. The van der Waals surface area contributed by atoms with Gasteiger partial charge in [-0.05, 0) is 30.2 Å². The van der Waals surface area contributed by atoms with Crippen LogP contribution in [0.25, 0.3) is 0 Å². The fourth-order valence-electron chi connectivity index (χ4n) is 3.17. The number of aryl methyl sites for hydroxylation is 1. The fraction of sp³-hybridized carbons (Fsp3) is 0.316. The molecule has 1 amide bonds. The van der Waals surface area contributed by atoms with Crippen LogP contribution in [0.4, 0.5) is 5.69 Å². The Morgan fingerprint density at radius 1 is 1.25 bits per heavy atom. The summed E-state index contributed by atoms with van der Waals surface area (Å²) in [5.74, 6) is 0.226. The van der Waals surface area contributed by atoms with E-state index in [1.807, 2.05) is 37.3 Å². The first-order valence-corrected chi connectivity index (χ1v) is 8.49. The van der Waals surface area contributed by atoms with Crippen LogP contribution in [0.3, 0.4) is 0 Å². The van der Waals surface area contributed by atoms with Crippen molar-refractivity contribution in [2.75, 3.05) is 25.0 Å². The smallest absolute Gasteiger partial charge is 0.238 e.